The zero-order chi connectivity index (χ0) is 11.3. The molecule has 1 rings (SSSR count). The third-order valence-electron chi connectivity index (χ3n) is 2.13. The molecule has 1 aromatic carbocycles. The van der Waals surface area contributed by atoms with Crippen molar-refractivity contribution < 1.29 is 4.74 Å². The van der Waals surface area contributed by atoms with Gasteiger partial charge in [-0.05, 0) is 23.7 Å². The molecule has 0 bridgehead atoms. The Kier molecular flexibility index (Phi) is 5.03. The van der Waals surface area contributed by atoms with Crippen LogP contribution in [0.5, 0.6) is 0 Å². The molecule has 0 N–H and O–H groups in total. The molecule has 0 spiro atoms. The van der Waals surface area contributed by atoms with Crippen molar-refractivity contribution >= 4 is 24.0 Å². The van der Waals surface area contributed by atoms with E-state index in [2.05, 4.69) is 41.6 Å². The Hall–Kier alpha value is -0.123. The van der Waals surface area contributed by atoms with Crippen LogP contribution in [0.3, 0.4) is 0 Å². The number of benzene rings is 1. The highest BCUT2D eigenvalue weighted by molar-refractivity contribution is 9.10. The van der Waals surface area contributed by atoms with Crippen molar-refractivity contribution in [3.63, 3.8) is 0 Å². The van der Waals surface area contributed by atoms with E-state index < -0.39 is 8.07 Å². The van der Waals surface area contributed by atoms with Crippen LogP contribution in [0.25, 0.3) is 0 Å². The molecular weight excluding hydrogens is 268 g/mol. The van der Waals surface area contributed by atoms with Gasteiger partial charge < -0.3 is 4.74 Å². The summed E-state index contributed by atoms with van der Waals surface area (Å²) in [5.41, 5.74) is 1.10. The van der Waals surface area contributed by atoms with Crippen molar-refractivity contribution in [2.75, 3.05) is 6.61 Å². The van der Waals surface area contributed by atoms with Crippen molar-refractivity contribution in [1.82, 2.24) is 0 Å². The van der Waals surface area contributed by atoms with Crippen molar-refractivity contribution in [2.45, 2.75) is 32.3 Å². The number of rotatable bonds is 5. The highest BCUT2D eigenvalue weighted by Gasteiger charge is 2.12. The van der Waals surface area contributed by atoms with E-state index >= 15 is 0 Å². The minimum atomic E-state index is -0.956. The van der Waals surface area contributed by atoms with Gasteiger partial charge in [-0.25, -0.2) is 0 Å². The van der Waals surface area contributed by atoms with Crippen LogP contribution in [0, 0.1) is 6.07 Å². The highest BCUT2D eigenvalue weighted by Crippen LogP contribution is 2.16. The Morgan fingerprint density at radius 1 is 1.40 bits per heavy atom. The van der Waals surface area contributed by atoms with Gasteiger partial charge in [0, 0.05) is 19.2 Å². The maximum atomic E-state index is 5.65. The summed E-state index contributed by atoms with van der Waals surface area (Å²) < 4.78 is 6.73. The second kappa shape index (κ2) is 5.82. The third-order valence-corrected chi connectivity index (χ3v) is 4.57. The van der Waals surface area contributed by atoms with Crippen molar-refractivity contribution in [3.8, 4) is 0 Å². The van der Waals surface area contributed by atoms with E-state index in [0.29, 0.717) is 6.61 Å². The quantitative estimate of drug-likeness (QED) is 0.585. The maximum absolute atomic E-state index is 5.65. The summed E-state index contributed by atoms with van der Waals surface area (Å²) in [6.07, 6.45) is 0. The summed E-state index contributed by atoms with van der Waals surface area (Å²) in [6.45, 7) is 8.61. The lowest BCUT2D eigenvalue weighted by molar-refractivity contribution is 0.132. The summed E-state index contributed by atoms with van der Waals surface area (Å²) >= 11 is 3.49. The molecule has 0 aromatic heterocycles. The molecule has 0 heterocycles. The average Bonchev–Trinajstić information content (AvgIpc) is 2.13. The first kappa shape index (κ1) is 12.9. The molecule has 0 saturated carbocycles. The van der Waals surface area contributed by atoms with Gasteiger partial charge in [0.1, 0.15) is 0 Å². The molecule has 1 nitrogen and oxygen atoms in total. The first-order chi connectivity index (χ1) is 6.99. The van der Waals surface area contributed by atoms with Gasteiger partial charge in [0.25, 0.3) is 0 Å². The van der Waals surface area contributed by atoms with E-state index in [-0.39, 0.29) is 0 Å². The van der Waals surface area contributed by atoms with Crippen LogP contribution in [-0.2, 0) is 11.3 Å². The Labute approximate surface area is 102 Å². The SMILES string of the molecule is C[Si](C)(C)CCOCc1[c]cccc1Br. The summed E-state index contributed by atoms with van der Waals surface area (Å²) in [4.78, 5) is 0. The van der Waals surface area contributed by atoms with Gasteiger partial charge in [0.05, 0.1) is 6.61 Å². The van der Waals surface area contributed by atoms with Crippen LogP contribution in [0.2, 0.25) is 25.7 Å². The maximum Gasteiger partial charge on any atom is 0.0733 e. The number of ether oxygens (including phenoxy) is 1. The topological polar surface area (TPSA) is 9.23 Å². The predicted octanol–water partition coefficient (Wildman–Crippen LogP) is 4.10. The summed E-state index contributed by atoms with van der Waals surface area (Å²) in [6, 6.07) is 10.3. The standard InChI is InChI=1S/C12H18BrOSi/c1-15(2,3)9-8-14-10-11-6-4-5-7-12(11)13/h4-5,7H,8-10H2,1-3H3. The molecule has 83 valence electrons. The first-order valence-electron chi connectivity index (χ1n) is 5.22. The molecule has 0 saturated heterocycles. The van der Waals surface area contributed by atoms with Crippen LogP contribution in [-0.4, -0.2) is 14.7 Å². The Bertz CT molecular complexity index is 307. The van der Waals surface area contributed by atoms with Gasteiger partial charge in [0.2, 0.25) is 0 Å². The molecule has 0 fully saturated rings. The number of hydrogen-bond donors (Lipinski definition) is 0. The highest BCUT2D eigenvalue weighted by atomic mass is 79.9. The zero-order valence-corrected chi connectivity index (χ0v) is 12.2. The van der Waals surface area contributed by atoms with Crippen LogP contribution >= 0.6 is 15.9 Å². The van der Waals surface area contributed by atoms with Crippen molar-refractivity contribution in [2.24, 2.45) is 0 Å². The molecule has 3 heteroatoms. The zero-order valence-electron chi connectivity index (χ0n) is 9.64. The van der Waals surface area contributed by atoms with E-state index in [9.17, 15) is 0 Å². The normalized spacial score (nSPS) is 11.7. The molecule has 0 amide bonds. The Morgan fingerprint density at radius 3 is 2.73 bits per heavy atom. The Balaban J connectivity index is 2.30. The van der Waals surface area contributed by atoms with E-state index in [1.165, 1.54) is 6.04 Å². The van der Waals surface area contributed by atoms with E-state index in [1.807, 2.05) is 18.2 Å². The van der Waals surface area contributed by atoms with Gasteiger partial charge >= 0.3 is 0 Å². The lowest BCUT2D eigenvalue weighted by atomic mass is 10.2. The molecule has 0 aliphatic heterocycles. The number of halogens is 1. The summed E-state index contributed by atoms with van der Waals surface area (Å²) in [7, 11) is -0.956. The van der Waals surface area contributed by atoms with Crippen LogP contribution in [0.15, 0.2) is 22.7 Å². The van der Waals surface area contributed by atoms with Gasteiger partial charge in [-0.15, -0.1) is 0 Å². The van der Waals surface area contributed by atoms with Crippen molar-refractivity contribution in [1.29, 1.82) is 0 Å². The van der Waals surface area contributed by atoms with Gasteiger partial charge in [-0.3, -0.25) is 0 Å². The average molecular weight is 286 g/mol. The minimum absolute atomic E-state index is 0.659. The molecule has 0 unspecified atom stereocenters. The van der Waals surface area contributed by atoms with Gasteiger partial charge in [0.15, 0.2) is 0 Å². The van der Waals surface area contributed by atoms with Crippen LogP contribution in [0.4, 0.5) is 0 Å². The molecular formula is C12H18BrOSi. The van der Waals surface area contributed by atoms with E-state index in [4.69, 9.17) is 4.74 Å². The molecule has 15 heavy (non-hydrogen) atoms. The van der Waals surface area contributed by atoms with Gasteiger partial charge in [-0.1, -0.05) is 47.7 Å². The molecule has 0 aliphatic carbocycles. The molecule has 1 aromatic rings. The monoisotopic (exact) mass is 285 g/mol. The number of hydrogen-bond acceptors (Lipinski definition) is 1. The molecule has 0 aliphatic rings. The minimum Gasteiger partial charge on any atom is -0.377 e. The lowest BCUT2D eigenvalue weighted by Gasteiger charge is -2.15. The van der Waals surface area contributed by atoms with Crippen LogP contribution in [0.1, 0.15) is 5.56 Å². The smallest absolute Gasteiger partial charge is 0.0733 e. The third kappa shape index (κ3) is 5.49. The summed E-state index contributed by atoms with van der Waals surface area (Å²) in [5.74, 6) is 0. The molecule has 0 atom stereocenters. The lowest BCUT2D eigenvalue weighted by Crippen LogP contribution is -2.21. The predicted molar refractivity (Wildman–Crippen MR) is 70.8 cm³/mol. The van der Waals surface area contributed by atoms with Gasteiger partial charge in [-0.2, -0.15) is 0 Å². The van der Waals surface area contributed by atoms with Crippen LogP contribution < -0.4 is 0 Å². The summed E-state index contributed by atoms with van der Waals surface area (Å²) in [5, 5.41) is 0. The van der Waals surface area contributed by atoms with E-state index in [0.717, 1.165) is 16.6 Å². The first-order valence-corrected chi connectivity index (χ1v) is 9.72. The fourth-order valence-electron chi connectivity index (χ4n) is 1.11. The fourth-order valence-corrected chi connectivity index (χ4v) is 2.25. The second-order valence-electron chi connectivity index (χ2n) is 4.86. The molecule has 1 radical (unpaired) electrons. The van der Waals surface area contributed by atoms with Crippen molar-refractivity contribution in [3.05, 3.63) is 34.3 Å². The second-order valence-corrected chi connectivity index (χ2v) is 11.3. The van der Waals surface area contributed by atoms with E-state index in [1.54, 1.807) is 0 Å². The largest absolute Gasteiger partial charge is 0.377 e. The fraction of sp³-hybridized carbons (Fsp3) is 0.500. The Morgan fingerprint density at radius 2 is 2.13 bits per heavy atom.